The van der Waals surface area contributed by atoms with Gasteiger partial charge < -0.3 is 9.47 Å². The fourth-order valence-electron chi connectivity index (χ4n) is 1.67. The average molecular weight is 308 g/mol. The number of ether oxygens (including phenoxy) is 2. The van der Waals surface area contributed by atoms with Gasteiger partial charge >= 0.3 is 0 Å². The molecule has 0 atom stereocenters. The van der Waals surface area contributed by atoms with Crippen molar-refractivity contribution in [3.63, 3.8) is 0 Å². The van der Waals surface area contributed by atoms with Crippen LogP contribution in [0.5, 0.6) is 11.5 Å². The smallest absolute Gasteiger partial charge is 0.138 e. The standard InChI is InChI=1S/C15H11Cl2NO2/c1-19-15-6-10(2-3-11(15)8-18)9-20-14-5-4-12(16)7-13(14)17/h2-7H,9H2,1H3. The van der Waals surface area contributed by atoms with Crippen LogP contribution in [-0.4, -0.2) is 7.11 Å². The maximum absolute atomic E-state index is 8.92. The number of hydrogen-bond acceptors (Lipinski definition) is 3. The van der Waals surface area contributed by atoms with E-state index in [-0.39, 0.29) is 0 Å². The molecular weight excluding hydrogens is 297 g/mol. The Morgan fingerprint density at radius 2 is 1.90 bits per heavy atom. The highest BCUT2D eigenvalue weighted by molar-refractivity contribution is 6.35. The summed E-state index contributed by atoms with van der Waals surface area (Å²) in [5, 5.41) is 9.93. The third-order valence-corrected chi connectivity index (χ3v) is 3.21. The molecule has 0 aliphatic rings. The van der Waals surface area contributed by atoms with Gasteiger partial charge in [0.2, 0.25) is 0 Å². The van der Waals surface area contributed by atoms with Crippen LogP contribution in [0.1, 0.15) is 11.1 Å². The van der Waals surface area contributed by atoms with E-state index in [0.717, 1.165) is 5.56 Å². The molecule has 2 aromatic rings. The summed E-state index contributed by atoms with van der Waals surface area (Å²) >= 11 is 11.8. The van der Waals surface area contributed by atoms with Crippen molar-refractivity contribution in [3.8, 4) is 17.6 Å². The van der Waals surface area contributed by atoms with E-state index in [1.54, 1.807) is 30.3 Å². The summed E-state index contributed by atoms with van der Waals surface area (Å²) in [6.45, 7) is 0.323. The van der Waals surface area contributed by atoms with Gasteiger partial charge in [-0.25, -0.2) is 0 Å². The average Bonchev–Trinajstić information content (AvgIpc) is 2.46. The van der Waals surface area contributed by atoms with Crippen LogP contribution in [0.15, 0.2) is 36.4 Å². The molecule has 0 saturated heterocycles. The molecule has 0 spiro atoms. The highest BCUT2D eigenvalue weighted by atomic mass is 35.5. The van der Waals surface area contributed by atoms with Gasteiger partial charge in [0.05, 0.1) is 17.7 Å². The zero-order valence-electron chi connectivity index (χ0n) is 10.7. The normalized spacial score (nSPS) is 9.90. The number of rotatable bonds is 4. The monoisotopic (exact) mass is 307 g/mol. The second-order valence-electron chi connectivity index (χ2n) is 4.01. The number of benzene rings is 2. The van der Waals surface area contributed by atoms with Gasteiger partial charge in [-0.1, -0.05) is 29.3 Å². The largest absolute Gasteiger partial charge is 0.495 e. The molecule has 0 fully saturated rings. The lowest BCUT2D eigenvalue weighted by Crippen LogP contribution is -1.97. The predicted octanol–water partition coefficient (Wildman–Crippen LogP) is 4.45. The highest BCUT2D eigenvalue weighted by Gasteiger charge is 2.06. The molecule has 0 saturated carbocycles. The summed E-state index contributed by atoms with van der Waals surface area (Å²) < 4.78 is 10.8. The van der Waals surface area contributed by atoms with Crippen molar-refractivity contribution in [2.24, 2.45) is 0 Å². The summed E-state index contributed by atoms with van der Waals surface area (Å²) in [7, 11) is 1.52. The number of nitriles is 1. The zero-order chi connectivity index (χ0) is 14.5. The second-order valence-corrected chi connectivity index (χ2v) is 4.85. The maximum Gasteiger partial charge on any atom is 0.138 e. The topological polar surface area (TPSA) is 42.2 Å². The van der Waals surface area contributed by atoms with Crippen LogP contribution in [0.3, 0.4) is 0 Å². The highest BCUT2D eigenvalue weighted by Crippen LogP contribution is 2.28. The first kappa shape index (κ1) is 14.5. The Hall–Kier alpha value is -1.89. The molecule has 5 heteroatoms. The van der Waals surface area contributed by atoms with Crippen molar-refractivity contribution < 1.29 is 9.47 Å². The fraction of sp³-hybridized carbons (Fsp3) is 0.133. The van der Waals surface area contributed by atoms with Crippen molar-refractivity contribution in [3.05, 3.63) is 57.6 Å². The Bertz CT molecular complexity index is 665. The molecule has 0 aliphatic carbocycles. The van der Waals surface area contributed by atoms with E-state index in [0.29, 0.717) is 33.7 Å². The number of methoxy groups -OCH3 is 1. The van der Waals surface area contributed by atoms with E-state index in [1.807, 2.05) is 6.07 Å². The quantitative estimate of drug-likeness (QED) is 0.838. The molecular formula is C15H11Cl2NO2. The molecule has 0 unspecified atom stereocenters. The van der Waals surface area contributed by atoms with Gasteiger partial charge in [0.1, 0.15) is 24.2 Å². The number of hydrogen-bond donors (Lipinski definition) is 0. The van der Waals surface area contributed by atoms with Gasteiger partial charge in [0, 0.05) is 5.02 Å². The second kappa shape index (κ2) is 6.51. The van der Waals surface area contributed by atoms with E-state index in [1.165, 1.54) is 7.11 Å². The minimum absolute atomic E-state index is 0.323. The van der Waals surface area contributed by atoms with E-state index >= 15 is 0 Å². The Labute approximate surface area is 127 Å². The Kier molecular flexibility index (Phi) is 4.73. The minimum Gasteiger partial charge on any atom is -0.495 e. The van der Waals surface area contributed by atoms with E-state index in [4.69, 9.17) is 37.9 Å². The molecule has 2 rings (SSSR count). The van der Waals surface area contributed by atoms with Gasteiger partial charge in [0.15, 0.2) is 0 Å². The molecule has 0 radical (unpaired) electrons. The Morgan fingerprint density at radius 1 is 1.10 bits per heavy atom. The van der Waals surface area contributed by atoms with Gasteiger partial charge in [-0.05, 0) is 35.9 Å². The lowest BCUT2D eigenvalue weighted by atomic mass is 10.1. The summed E-state index contributed by atoms with van der Waals surface area (Å²) in [6.07, 6.45) is 0. The van der Waals surface area contributed by atoms with Crippen LogP contribution >= 0.6 is 23.2 Å². The number of halogens is 2. The third-order valence-electron chi connectivity index (χ3n) is 2.67. The molecule has 3 nitrogen and oxygen atoms in total. The van der Waals surface area contributed by atoms with Crippen LogP contribution in [0.25, 0.3) is 0 Å². The lowest BCUT2D eigenvalue weighted by Gasteiger charge is -2.10. The van der Waals surface area contributed by atoms with E-state index < -0.39 is 0 Å². The number of nitrogens with zero attached hydrogens (tertiary/aromatic N) is 1. The van der Waals surface area contributed by atoms with Crippen molar-refractivity contribution in [2.75, 3.05) is 7.11 Å². The molecule has 0 aliphatic heterocycles. The van der Waals surface area contributed by atoms with Gasteiger partial charge in [-0.3, -0.25) is 0 Å². The van der Waals surface area contributed by atoms with Crippen LogP contribution in [-0.2, 0) is 6.61 Å². The minimum atomic E-state index is 0.323. The zero-order valence-corrected chi connectivity index (χ0v) is 12.2. The molecule has 102 valence electrons. The molecule has 2 aromatic carbocycles. The van der Waals surface area contributed by atoms with E-state index in [9.17, 15) is 0 Å². The molecule has 0 N–H and O–H groups in total. The van der Waals surface area contributed by atoms with Crippen molar-refractivity contribution in [2.45, 2.75) is 6.61 Å². The fourth-order valence-corrected chi connectivity index (χ4v) is 2.13. The summed E-state index contributed by atoms with van der Waals surface area (Å²) in [4.78, 5) is 0. The van der Waals surface area contributed by atoms with Crippen molar-refractivity contribution in [1.82, 2.24) is 0 Å². The summed E-state index contributed by atoms with van der Waals surface area (Å²) in [6, 6.07) is 12.4. The lowest BCUT2D eigenvalue weighted by molar-refractivity contribution is 0.305. The Balaban J connectivity index is 2.13. The SMILES string of the molecule is COc1cc(COc2ccc(Cl)cc2Cl)ccc1C#N. The molecule has 0 heterocycles. The molecule has 20 heavy (non-hydrogen) atoms. The van der Waals surface area contributed by atoms with Gasteiger partial charge in [0.25, 0.3) is 0 Å². The van der Waals surface area contributed by atoms with Crippen LogP contribution in [0.4, 0.5) is 0 Å². The summed E-state index contributed by atoms with van der Waals surface area (Å²) in [5.41, 5.74) is 1.37. The molecule has 0 bridgehead atoms. The van der Waals surface area contributed by atoms with Crippen LogP contribution in [0.2, 0.25) is 10.0 Å². The van der Waals surface area contributed by atoms with Crippen LogP contribution < -0.4 is 9.47 Å². The van der Waals surface area contributed by atoms with E-state index in [2.05, 4.69) is 6.07 Å². The van der Waals surface area contributed by atoms with Gasteiger partial charge in [-0.2, -0.15) is 5.26 Å². The van der Waals surface area contributed by atoms with Crippen molar-refractivity contribution in [1.29, 1.82) is 5.26 Å². The first-order chi connectivity index (χ1) is 9.63. The Morgan fingerprint density at radius 3 is 2.55 bits per heavy atom. The van der Waals surface area contributed by atoms with Crippen molar-refractivity contribution >= 4 is 23.2 Å². The maximum atomic E-state index is 8.92. The third kappa shape index (κ3) is 3.36. The predicted molar refractivity (Wildman–Crippen MR) is 78.5 cm³/mol. The summed E-state index contributed by atoms with van der Waals surface area (Å²) in [5.74, 6) is 1.08. The van der Waals surface area contributed by atoms with Gasteiger partial charge in [-0.15, -0.1) is 0 Å². The first-order valence-corrected chi connectivity index (χ1v) is 6.54. The van der Waals surface area contributed by atoms with Crippen LogP contribution in [0, 0.1) is 11.3 Å². The molecule has 0 amide bonds. The molecule has 0 aromatic heterocycles. The first-order valence-electron chi connectivity index (χ1n) is 5.79.